The Morgan fingerprint density at radius 1 is 1.10 bits per heavy atom. The third-order valence-corrected chi connectivity index (χ3v) is 3.40. The Labute approximate surface area is 120 Å². The van der Waals surface area contributed by atoms with Crippen LogP contribution in [0.1, 0.15) is 11.1 Å². The van der Waals surface area contributed by atoms with E-state index in [9.17, 15) is 4.39 Å². The number of para-hydroxylation sites is 1. The van der Waals surface area contributed by atoms with Crippen LogP contribution in [0.2, 0.25) is 0 Å². The van der Waals surface area contributed by atoms with Gasteiger partial charge in [0.1, 0.15) is 5.82 Å². The van der Waals surface area contributed by atoms with Crippen LogP contribution in [0.4, 0.5) is 15.8 Å². The number of nitrogens with zero attached hydrogens (tertiary/aromatic N) is 1. The van der Waals surface area contributed by atoms with Gasteiger partial charge in [-0.2, -0.15) is 0 Å². The van der Waals surface area contributed by atoms with E-state index in [0.29, 0.717) is 12.2 Å². The normalized spacial score (nSPS) is 10.4. The fourth-order valence-electron chi connectivity index (χ4n) is 2.32. The number of hydrogen-bond donors (Lipinski definition) is 1. The molecule has 0 aliphatic heterocycles. The molecule has 0 aliphatic rings. The minimum Gasteiger partial charge on any atom is -0.381 e. The lowest BCUT2D eigenvalue weighted by Crippen LogP contribution is -2.25. The Bertz CT molecular complexity index is 581. The lowest BCUT2D eigenvalue weighted by atomic mass is 10.1. The first-order valence-electron chi connectivity index (χ1n) is 6.84. The molecule has 0 heterocycles. The van der Waals surface area contributed by atoms with Gasteiger partial charge in [0.15, 0.2) is 0 Å². The summed E-state index contributed by atoms with van der Waals surface area (Å²) < 4.78 is 13.5. The summed E-state index contributed by atoms with van der Waals surface area (Å²) in [6.45, 7) is 5.72. The van der Waals surface area contributed by atoms with Crippen LogP contribution in [0.25, 0.3) is 0 Å². The molecule has 0 spiro atoms. The van der Waals surface area contributed by atoms with E-state index >= 15 is 0 Å². The van der Waals surface area contributed by atoms with Gasteiger partial charge in [-0.25, -0.2) is 4.39 Å². The zero-order valence-corrected chi connectivity index (χ0v) is 12.3. The highest BCUT2D eigenvalue weighted by atomic mass is 19.1. The Hall–Kier alpha value is -2.03. The molecule has 1 N–H and O–H groups in total. The van der Waals surface area contributed by atoms with Crippen LogP contribution in [-0.4, -0.2) is 20.1 Å². The van der Waals surface area contributed by atoms with E-state index in [1.807, 2.05) is 6.07 Å². The zero-order chi connectivity index (χ0) is 14.5. The molecule has 0 radical (unpaired) electrons. The third-order valence-electron chi connectivity index (χ3n) is 3.40. The van der Waals surface area contributed by atoms with Gasteiger partial charge in [0.25, 0.3) is 0 Å². The number of likely N-dealkylation sites (N-methyl/N-ethyl adjacent to an activating group) is 1. The van der Waals surface area contributed by atoms with Crippen LogP contribution in [0.5, 0.6) is 0 Å². The van der Waals surface area contributed by atoms with E-state index in [2.05, 4.69) is 49.3 Å². The maximum atomic E-state index is 13.5. The molecule has 0 fully saturated rings. The van der Waals surface area contributed by atoms with Gasteiger partial charge < -0.3 is 10.2 Å². The summed E-state index contributed by atoms with van der Waals surface area (Å²) in [5, 5.41) is 3.13. The highest BCUT2D eigenvalue weighted by Crippen LogP contribution is 2.19. The summed E-state index contributed by atoms with van der Waals surface area (Å²) in [7, 11) is 2.06. The van der Waals surface area contributed by atoms with E-state index in [4.69, 9.17) is 0 Å². The second-order valence-corrected chi connectivity index (χ2v) is 5.12. The van der Waals surface area contributed by atoms with E-state index in [0.717, 1.165) is 6.54 Å². The summed E-state index contributed by atoms with van der Waals surface area (Å²) in [4.78, 5) is 2.18. The van der Waals surface area contributed by atoms with Crippen molar-refractivity contribution < 1.29 is 4.39 Å². The van der Waals surface area contributed by atoms with Gasteiger partial charge in [0.05, 0.1) is 5.69 Å². The Morgan fingerprint density at radius 2 is 1.85 bits per heavy atom. The number of anilines is 2. The third kappa shape index (κ3) is 3.50. The van der Waals surface area contributed by atoms with Crippen molar-refractivity contribution >= 4 is 11.4 Å². The van der Waals surface area contributed by atoms with E-state index in [-0.39, 0.29) is 5.82 Å². The maximum Gasteiger partial charge on any atom is 0.146 e. The molecular formula is C17H21FN2. The molecule has 2 nitrogen and oxygen atoms in total. The quantitative estimate of drug-likeness (QED) is 0.885. The number of rotatable bonds is 5. The molecule has 0 atom stereocenters. The average molecular weight is 272 g/mol. The Balaban J connectivity index is 1.92. The second kappa shape index (κ2) is 6.42. The molecule has 106 valence electrons. The summed E-state index contributed by atoms with van der Waals surface area (Å²) in [6.07, 6.45) is 0. The minimum atomic E-state index is -0.207. The summed E-state index contributed by atoms with van der Waals surface area (Å²) in [5.41, 5.74) is 4.30. The molecule has 0 aromatic heterocycles. The predicted molar refractivity (Wildman–Crippen MR) is 84.1 cm³/mol. The van der Waals surface area contributed by atoms with Crippen molar-refractivity contribution in [1.82, 2.24) is 0 Å². The lowest BCUT2D eigenvalue weighted by molar-refractivity contribution is 0.630. The van der Waals surface area contributed by atoms with Gasteiger partial charge in [-0.3, -0.25) is 0 Å². The van der Waals surface area contributed by atoms with Crippen molar-refractivity contribution in [3.8, 4) is 0 Å². The number of hydrogen-bond acceptors (Lipinski definition) is 2. The molecular weight excluding hydrogens is 251 g/mol. The topological polar surface area (TPSA) is 15.3 Å². The molecule has 0 saturated heterocycles. The van der Waals surface area contributed by atoms with Crippen LogP contribution in [0.3, 0.4) is 0 Å². The molecule has 2 aromatic carbocycles. The average Bonchev–Trinajstić information content (AvgIpc) is 2.40. The summed E-state index contributed by atoms with van der Waals surface area (Å²) in [6, 6.07) is 13.2. The van der Waals surface area contributed by atoms with Crippen LogP contribution in [0, 0.1) is 19.7 Å². The van der Waals surface area contributed by atoms with Crippen molar-refractivity contribution in [3.63, 3.8) is 0 Å². The smallest absolute Gasteiger partial charge is 0.146 e. The SMILES string of the molecule is Cc1ccc(N(C)CCNc2ccccc2F)c(C)c1. The van der Waals surface area contributed by atoms with Crippen molar-refractivity contribution in [2.45, 2.75) is 13.8 Å². The van der Waals surface area contributed by atoms with Gasteiger partial charge in [-0.05, 0) is 37.6 Å². The second-order valence-electron chi connectivity index (χ2n) is 5.12. The highest BCUT2D eigenvalue weighted by Gasteiger charge is 2.05. The predicted octanol–water partition coefficient (Wildman–Crippen LogP) is 3.99. The van der Waals surface area contributed by atoms with Gasteiger partial charge in [0.2, 0.25) is 0 Å². The largest absolute Gasteiger partial charge is 0.381 e. The number of aryl methyl sites for hydroxylation is 2. The Morgan fingerprint density at radius 3 is 2.55 bits per heavy atom. The van der Waals surface area contributed by atoms with Crippen LogP contribution in [0.15, 0.2) is 42.5 Å². The first-order valence-corrected chi connectivity index (χ1v) is 6.84. The van der Waals surface area contributed by atoms with Crippen molar-refractivity contribution in [1.29, 1.82) is 0 Å². The minimum absolute atomic E-state index is 0.207. The molecule has 3 heteroatoms. The highest BCUT2D eigenvalue weighted by molar-refractivity contribution is 5.54. The maximum absolute atomic E-state index is 13.5. The first kappa shape index (κ1) is 14.4. The fraction of sp³-hybridized carbons (Fsp3) is 0.294. The van der Waals surface area contributed by atoms with E-state index in [1.165, 1.54) is 22.9 Å². The Kier molecular flexibility index (Phi) is 4.61. The molecule has 0 aliphatic carbocycles. The molecule has 2 aromatic rings. The molecule has 20 heavy (non-hydrogen) atoms. The molecule has 0 amide bonds. The molecule has 0 saturated carbocycles. The van der Waals surface area contributed by atoms with Crippen LogP contribution in [-0.2, 0) is 0 Å². The van der Waals surface area contributed by atoms with Gasteiger partial charge >= 0.3 is 0 Å². The zero-order valence-electron chi connectivity index (χ0n) is 12.3. The summed E-state index contributed by atoms with van der Waals surface area (Å²) in [5.74, 6) is -0.207. The lowest BCUT2D eigenvalue weighted by Gasteiger charge is -2.22. The number of benzene rings is 2. The van der Waals surface area contributed by atoms with Crippen molar-refractivity contribution in [2.75, 3.05) is 30.4 Å². The van der Waals surface area contributed by atoms with E-state index in [1.54, 1.807) is 12.1 Å². The number of halogens is 1. The first-order chi connectivity index (χ1) is 9.58. The summed E-state index contributed by atoms with van der Waals surface area (Å²) >= 11 is 0. The van der Waals surface area contributed by atoms with Gasteiger partial charge in [0, 0.05) is 25.8 Å². The molecule has 0 bridgehead atoms. The van der Waals surface area contributed by atoms with Gasteiger partial charge in [-0.1, -0.05) is 29.8 Å². The van der Waals surface area contributed by atoms with Crippen LogP contribution >= 0.6 is 0 Å². The van der Waals surface area contributed by atoms with Crippen molar-refractivity contribution in [2.24, 2.45) is 0 Å². The standard InChI is InChI=1S/C17H21FN2/c1-13-8-9-17(14(2)12-13)20(3)11-10-19-16-7-5-4-6-15(16)18/h4-9,12,19H,10-11H2,1-3H3. The monoisotopic (exact) mass is 272 g/mol. The molecule has 2 rings (SSSR count). The van der Waals surface area contributed by atoms with E-state index < -0.39 is 0 Å². The molecule has 0 unspecified atom stereocenters. The van der Waals surface area contributed by atoms with Crippen molar-refractivity contribution in [3.05, 3.63) is 59.4 Å². The van der Waals surface area contributed by atoms with Crippen LogP contribution < -0.4 is 10.2 Å². The van der Waals surface area contributed by atoms with Gasteiger partial charge in [-0.15, -0.1) is 0 Å². The fourth-order valence-corrected chi connectivity index (χ4v) is 2.32. The number of nitrogens with one attached hydrogen (secondary N) is 1.